The van der Waals surface area contributed by atoms with Crippen LogP contribution in [-0.2, 0) is 9.53 Å². The van der Waals surface area contributed by atoms with Gasteiger partial charge in [0, 0.05) is 25.4 Å². The fraction of sp³-hybridized carbons (Fsp3) is 0.400. The quantitative estimate of drug-likeness (QED) is 0.448. The van der Waals surface area contributed by atoms with Crippen LogP contribution in [0.15, 0.2) is 28.7 Å². The highest BCUT2D eigenvalue weighted by molar-refractivity contribution is 6.01. The SMILES string of the molecule is CC(C)OCCCNC(=O)C(C#N)=Cc1ccc(=O)[nH]c1. The molecule has 0 atom stereocenters. The van der Waals surface area contributed by atoms with Crippen molar-refractivity contribution in [1.82, 2.24) is 10.3 Å². The summed E-state index contributed by atoms with van der Waals surface area (Å²) in [5, 5.41) is 11.7. The van der Waals surface area contributed by atoms with E-state index in [0.717, 1.165) is 0 Å². The minimum atomic E-state index is -0.437. The molecule has 6 heteroatoms. The molecule has 1 aromatic rings. The Kier molecular flexibility index (Phi) is 6.92. The van der Waals surface area contributed by atoms with Crippen molar-refractivity contribution in [3.63, 3.8) is 0 Å². The van der Waals surface area contributed by atoms with Crippen LogP contribution in [0.3, 0.4) is 0 Å². The van der Waals surface area contributed by atoms with Gasteiger partial charge in [0.1, 0.15) is 11.6 Å². The van der Waals surface area contributed by atoms with E-state index in [1.807, 2.05) is 19.9 Å². The lowest BCUT2D eigenvalue weighted by Gasteiger charge is -2.07. The third-order valence-electron chi connectivity index (χ3n) is 2.54. The molecule has 21 heavy (non-hydrogen) atoms. The van der Waals surface area contributed by atoms with Crippen LogP contribution in [0.4, 0.5) is 0 Å². The van der Waals surface area contributed by atoms with Gasteiger partial charge in [0.2, 0.25) is 5.56 Å². The zero-order valence-corrected chi connectivity index (χ0v) is 12.2. The Morgan fingerprint density at radius 3 is 2.86 bits per heavy atom. The van der Waals surface area contributed by atoms with Gasteiger partial charge in [0.15, 0.2) is 0 Å². The number of pyridine rings is 1. The maximum absolute atomic E-state index is 11.8. The van der Waals surface area contributed by atoms with Crippen LogP contribution in [0.2, 0.25) is 0 Å². The van der Waals surface area contributed by atoms with Crippen LogP contribution in [0.25, 0.3) is 6.08 Å². The standard InChI is InChI=1S/C15H19N3O3/c1-11(2)21-7-3-6-17-15(20)13(9-16)8-12-4-5-14(19)18-10-12/h4-5,8,10-11H,3,6-7H2,1-2H3,(H,17,20)(H,18,19). The lowest BCUT2D eigenvalue weighted by Crippen LogP contribution is -2.26. The Morgan fingerprint density at radius 2 is 2.29 bits per heavy atom. The van der Waals surface area contributed by atoms with Crippen molar-refractivity contribution in [3.8, 4) is 6.07 Å². The number of aromatic amines is 1. The average molecular weight is 289 g/mol. The number of carbonyl (C=O) groups is 1. The summed E-state index contributed by atoms with van der Waals surface area (Å²) >= 11 is 0. The van der Waals surface area contributed by atoms with Crippen molar-refractivity contribution < 1.29 is 9.53 Å². The smallest absolute Gasteiger partial charge is 0.261 e. The van der Waals surface area contributed by atoms with Crippen molar-refractivity contribution in [2.45, 2.75) is 26.4 Å². The van der Waals surface area contributed by atoms with Gasteiger partial charge in [-0.1, -0.05) is 0 Å². The van der Waals surface area contributed by atoms with E-state index >= 15 is 0 Å². The molecule has 0 aliphatic carbocycles. The Balaban J connectivity index is 2.52. The highest BCUT2D eigenvalue weighted by Crippen LogP contribution is 2.03. The zero-order chi connectivity index (χ0) is 15.7. The van der Waals surface area contributed by atoms with Crippen LogP contribution < -0.4 is 10.9 Å². The summed E-state index contributed by atoms with van der Waals surface area (Å²) in [5.41, 5.74) is 0.344. The number of amides is 1. The van der Waals surface area contributed by atoms with Gasteiger partial charge in [0.25, 0.3) is 5.91 Å². The molecule has 112 valence electrons. The van der Waals surface area contributed by atoms with Crippen LogP contribution in [0.5, 0.6) is 0 Å². The summed E-state index contributed by atoms with van der Waals surface area (Å²) in [6.45, 7) is 4.89. The Morgan fingerprint density at radius 1 is 1.52 bits per heavy atom. The summed E-state index contributed by atoms with van der Waals surface area (Å²) in [7, 11) is 0. The molecule has 0 aliphatic heterocycles. The van der Waals surface area contributed by atoms with E-state index in [1.165, 1.54) is 18.3 Å². The first kappa shape index (κ1) is 16.7. The molecule has 1 amide bonds. The second-order valence-electron chi connectivity index (χ2n) is 4.69. The number of hydrogen-bond acceptors (Lipinski definition) is 4. The first-order valence-electron chi connectivity index (χ1n) is 6.73. The van der Waals surface area contributed by atoms with Crippen molar-refractivity contribution >= 4 is 12.0 Å². The van der Waals surface area contributed by atoms with Gasteiger partial charge in [-0.15, -0.1) is 0 Å². The molecule has 0 fully saturated rings. The van der Waals surface area contributed by atoms with Gasteiger partial charge < -0.3 is 15.0 Å². The largest absolute Gasteiger partial charge is 0.379 e. The number of aromatic nitrogens is 1. The van der Waals surface area contributed by atoms with E-state index in [9.17, 15) is 9.59 Å². The normalized spacial score (nSPS) is 11.2. The minimum absolute atomic E-state index is 0.00757. The number of rotatable bonds is 7. The van der Waals surface area contributed by atoms with Gasteiger partial charge in [0.05, 0.1) is 6.10 Å². The van der Waals surface area contributed by atoms with Gasteiger partial charge in [-0.3, -0.25) is 9.59 Å². The summed E-state index contributed by atoms with van der Waals surface area (Å²) in [5.74, 6) is -0.437. The van der Waals surface area contributed by atoms with E-state index in [4.69, 9.17) is 10.00 Å². The maximum atomic E-state index is 11.8. The van der Waals surface area contributed by atoms with Crippen LogP contribution in [-0.4, -0.2) is 30.1 Å². The number of nitriles is 1. The van der Waals surface area contributed by atoms with Crippen LogP contribution in [0, 0.1) is 11.3 Å². The predicted molar refractivity (Wildman–Crippen MR) is 79.4 cm³/mol. The number of hydrogen-bond donors (Lipinski definition) is 2. The predicted octanol–water partition coefficient (Wildman–Crippen LogP) is 1.21. The number of ether oxygens (including phenoxy) is 1. The van der Waals surface area contributed by atoms with Crippen molar-refractivity contribution in [3.05, 3.63) is 39.8 Å². The molecule has 6 nitrogen and oxygen atoms in total. The molecule has 0 unspecified atom stereocenters. The molecule has 0 spiro atoms. The molecular formula is C15H19N3O3. The van der Waals surface area contributed by atoms with Crippen LogP contribution in [0.1, 0.15) is 25.8 Å². The molecule has 1 heterocycles. The maximum Gasteiger partial charge on any atom is 0.261 e. The van der Waals surface area contributed by atoms with Gasteiger partial charge in [-0.2, -0.15) is 5.26 Å². The first-order valence-corrected chi connectivity index (χ1v) is 6.73. The number of nitrogens with one attached hydrogen (secondary N) is 2. The average Bonchev–Trinajstić information content (AvgIpc) is 2.45. The fourth-order valence-electron chi connectivity index (χ4n) is 1.52. The lowest BCUT2D eigenvalue weighted by molar-refractivity contribution is -0.117. The molecule has 0 bridgehead atoms. The third kappa shape index (κ3) is 6.54. The lowest BCUT2D eigenvalue weighted by atomic mass is 10.1. The minimum Gasteiger partial charge on any atom is -0.379 e. The molecule has 0 saturated heterocycles. The first-order chi connectivity index (χ1) is 10.0. The van der Waals surface area contributed by atoms with E-state index in [1.54, 1.807) is 6.07 Å². The van der Waals surface area contributed by atoms with Crippen molar-refractivity contribution in [2.75, 3.05) is 13.2 Å². The highest BCUT2D eigenvalue weighted by Gasteiger charge is 2.08. The second kappa shape index (κ2) is 8.72. The molecule has 1 aromatic heterocycles. The zero-order valence-electron chi connectivity index (χ0n) is 12.2. The van der Waals surface area contributed by atoms with Crippen LogP contribution >= 0.6 is 0 Å². The molecule has 0 aromatic carbocycles. The number of carbonyl (C=O) groups excluding carboxylic acids is 1. The Labute approximate surface area is 123 Å². The van der Waals surface area contributed by atoms with Gasteiger partial charge >= 0.3 is 0 Å². The third-order valence-corrected chi connectivity index (χ3v) is 2.54. The van der Waals surface area contributed by atoms with Gasteiger partial charge in [-0.25, -0.2) is 0 Å². The number of H-pyrrole nitrogens is 1. The summed E-state index contributed by atoms with van der Waals surface area (Å²) in [4.78, 5) is 25.2. The van der Waals surface area contributed by atoms with Gasteiger partial charge in [-0.05, 0) is 38.0 Å². The van der Waals surface area contributed by atoms with E-state index in [0.29, 0.717) is 25.1 Å². The van der Waals surface area contributed by atoms with E-state index in [-0.39, 0.29) is 17.2 Å². The Bertz CT molecular complexity index is 576. The molecule has 0 saturated carbocycles. The Hall–Kier alpha value is -2.39. The van der Waals surface area contributed by atoms with E-state index in [2.05, 4.69) is 10.3 Å². The molecule has 1 rings (SSSR count). The summed E-state index contributed by atoms with van der Waals surface area (Å²) in [6, 6.07) is 4.73. The summed E-state index contributed by atoms with van der Waals surface area (Å²) in [6.07, 6.45) is 3.72. The summed E-state index contributed by atoms with van der Waals surface area (Å²) < 4.78 is 5.35. The molecule has 0 aliphatic rings. The molecule has 2 N–H and O–H groups in total. The van der Waals surface area contributed by atoms with E-state index < -0.39 is 5.91 Å². The highest BCUT2D eigenvalue weighted by atomic mass is 16.5. The van der Waals surface area contributed by atoms with Crippen molar-refractivity contribution in [2.24, 2.45) is 0 Å². The topological polar surface area (TPSA) is 95.0 Å². The van der Waals surface area contributed by atoms with Crippen molar-refractivity contribution in [1.29, 1.82) is 5.26 Å². The second-order valence-corrected chi connectivity index (χ2v) is 4.69. The number of nitrogens with zero attached hydrogens (tertiary/aromatic N) is 1. The monoisotopic (exact) mass is 289 g/mol. The molecular weight excluding hydrogens is 270 g/mol. The fourth-order valence-corrected chi connectivity index (χ4v) is 1.52. The molecule has 0 radical (unpaired) electrons.